The molecule has 4 N–H and O–H groups in total. The van der Waals surface area contributed by atoms with Crippen molar-refractivity contribution < 1.29 is 19.7 Å². The number of aliphatic hydroxyl groups excluding tert-OH is 2. The molecule has 0 aromatic heterocycles. The Bertz CT molecular complexity index is 534. The molecule has 0 radical (unpaired) electrons. The molecule has 6 heteroatoms. The van der Waals surface area contributed by atoms with Crippen LogP contribution in [-0.4, -0.2) is 72.0 Å². The third-order valence-corrected chi connectivity index (χ3v) is 8.34. The van der Waals surface area contributed by atoms with Crippen LogP contribution in [0.3, 0.4) is 0 Å². The largest absolute Gasteiger partial charge is 0.389 e. The van der Waals surface area contributed by atoms with Crippen LogP contribution in [0.4, 0.5) is 0 Å². The van der Waals surface area contributed by atoms with Crippen LogP contribution in [0.15, 0.2) is 0 Å². The predicted octanol–water partition coefficient (Wildman–Crippen LogP) is 2.81. The second-order valence-electron chi connectivity index (χ2n) is 12.1. The van der Waals surface area contributed by atoms with Gasteiger partial charge in [-0.25, -0.2) is 0 Å². The lowest BCUT2D eigenvalue weighted by molar-refractivity contribution is -0.139. The Morgan fingerprint density at radius 2 is 0.938 bits per heavy atom. The van der Waals surface area contributed by atoms with Gasteiger partial charge in [-0.15, -0.1) is 0 Å². The molecule has 4 rings (SSSR count). The summed E-state index contributed by atoms with van der Waals surface area (Å²) in [6.07, 6.45) is 1.95. The van der Waals surface area contributed by atoms with E-state index in [0.717, 1.165) is 12.8 Å². The van der Waals surface area contributed by atoms with Crippen molar-refractivity contribution in [2.75, 3.05) is 13.2 Å². The molecule has 4 fully saturated rings. The summed E-state index contributed by atoms with van der Waals surface area (Å²) < 4.78 is 11.7. The van der Waals surface area contributed by atoms with Crippen molar-refractivity contribution in [2.24, 2.45) is 35.5 Å². The highest BCUT2D eigenvalue weighted by Crippen LogP contribution is 2.37. The Morgan fingerprint density at radius 3 is 1.22 bits per heavy atom. The average molecular weight is 455 g/mol. The van der Waals surface area contributed by atoms with Gasteiger partial charge in [0.2, 0.25) is 0 Å². The summed E-state index contributed by atoms with van der Waals surface area (Å²) in [5.74, 6) is 3.58. The molecule has 4 heterocycles. The van der Waals surface area contributed by atoms with E-state index >= 15 is 0 Å². The van der Waals surface area contributed by atoms with Crippen LogP contribution in [-0.2, 0) is 9.47 Å². The molecule has 4 saturated heterocycles. The average Bonchev–Trinajstić information content (AvgIpc) is 2.72. The third-order valence-electron chi connectivity index (χ3n) is 8.34. The molecule has 4 aliphatic heterocycles. The zero-order valence-electron chi connectivity index (χ0n) is 21.6. The molecule has 10 atom stereocenters. The van der Waals surface area contributed by atoms with E-state index in [1.54, 1.807) is 0 Å². The molecule has 4 aliphatic rings. The summed E-state index contributed by atoms with van der Waals surface area (Å²) in [4.78, 5) is 0. The first-order valence-corrected chi connectivity index (χ1v) is 13.1. The van der Waals surface area contributed by atoms with E-state index in [2.05, 4.69) is 66.0 Å². The topological polar surface area (TPSA) is 83.0 Å². The molecule has 0 aliphatic carbocycles. The minimum Gasteiger partial charge on any atom is -0.389 e. The van der Waals surface area contributed by atoms with E-state index in [4.69, 9.17) is 9.47 Å². The van der Waals surface area contributed by atoms with Crippen molar-refractivity contribution in [3.63, 3.8) is 0 Å². The standard InChI is InChI=1S/2C13H25NO2/c2*1-7(2)12-11-5-9(10(15)6-16-11)14-13(12)8(3)4/h2*7-15H,5-6H2,1-4H3/t9-,10+,11-,12?,13?;9-,10-,11-,12?,13?/m01/s1. The summed E-state index contributed by atoms with van der Waals surface area (Å²) in [6.45, 7) is 19.1. The van der Waals surface area contributed by atoms with Crippen LogP contribution < -0.4 is 10.6 Å². The Kier molecular flexibility index (Phi) is 9.07. The molecule has 6 nitrogen and oxygen atoms in total. The van der Waals surface area contributed by atoms with Gasteiger partial charge in [0.1, 0.15) is 0 Å². The summed E-state index contributed by atoms with van der Waals surface area (Å²) in [5, 5.41) is 27.0. The maximum atomic E-state index is 9.86. The fourth-order valence-corrected chi connectivity index (χ4v) is 6.66. The highest BCUT2D eigenvalue weighted by molar-refractivity contribution is 5.01. The number of aliphatic hydroxyl groups is 2. The van der Waals surface area contributed by atoms with Crippen molar-refractivity contribution in [1.82, 2.24) is 10.6 Å². The summed E-state index contributed by atoms with van der Waals surface area (Å²) in [5.41, 5.74) is 0. The van der Waals surface area contributed by atoms with Crippen LogP contribution in [0, 0.1) is 35.5 Å². The number of hydrogen-bond donors (Lipinski definition) is 4. The highest BCUT2D eigenvalue weighted by Gasteiger charge is 2.46. The van der Waals surface area contributed by atoms with Gasteiger partial charge in [0.15, 0.2) is 0 Å². The van der Waals surface area contributed by atoms with Crippen LogP contribution >= 0.6 is 0 Å². The number of piperidine rings is 2. The Morgan fingerprint density at radius 1 is 0.594 bits per heavy atom. The normalized spacial score (nSPS) is 44.1. The first-order valence-electron chi connectivity index (χ1n) is 13.1. The smallest absolute Gasteiger partial charge is 0.0927 e. The lowest BCUT2D eigenvalue weighted by atomic mass is 9.72. The Hall–Kier alpha value is -0.240. The molecule has 0 saturated carbocycles. The molecule has 32 heavy (non-hydrogen) atoms. The van der Waals surface area contributed by atoms with E-state index in [-0.39, 0.29) is 24.3 Å². The van der Waals surface area contributed by atoms with Crippen molar-refractivity contribution in [3.05, 3.63) is 0 Å². The van der Waals surface area contributed by atoms with E-state index in [1.807, 2.05) is 0 Å². The van der Waals surface area contributed by atoms with Crippen LogP contribution in [0.25, 0.3) is 0 Å². The lowest BCUT2D eigenvalue weighted by Gasteiger charge is -2.50. The Labute approximate surface area is 196 Å². The van der Waals surface area contributed by atoms with E-state index in [9.17, 15) is 10.2 Å². The van der Waals surface area contributed by atoms with E-state index in [1.165, 1.54) is 0 Å². The first-order chi connectivity index (χ1) is 15.0. The van der Waals surface area contributed by atoms with Crippen molar-refractivity contribution in [2.45, 2.75) is 117 Å². The first kappa shape index (κ1) is 26.4. The lowest BCUT2D eigenvalue weighted by Crippen LogP contribution is -2.64. The quantitative estimate of drug-likeness (QED) is 0.523. The summed E-state index contributed by atoms with van der Waals surface area (Å²) in [6, 6.07) is 1.42. The van der Waals surface area contributed by atoms with Gasteiger partial charge < -0.3 is 30.3 Å². The van der Waals surface area contributed by atoms with Crippen molar-refractivity contribution in [3.8, 4) is 0 Å². The maximum Gasteiger partial charge on any atom is 0.0927 e. The van der Waals surface area contributed by atoms with Crippen LogP contribution in [0.2, 0.25) is 0 Å². The number of nitrogens with one attached hydrogen (secondary N) is 2. The second-order valence-corrected chi connectivity index (χ2v) is 12.1. The van der Waals surface area contributed by atoms with Crippen LogP contribution in [0.5, 0.6) is 0 Å². The molecule has 4 bridgehead atoms. The molecule has 0 amide bonds. The van der Waals surface area contributed by atoms with Gasteiger partial charge in [0.25, 0.3) is 0 Å². The van der Waals surface area contributed by atoms with Crippen molar-refractivity contribution in [1.29, 1.82) is 0 Å². The number of fused-ring (bicyclic) bond motifs is 4. The Balaban J connectivity index is 0.000000181. The molecule has 0 spiro atoms. The van der Waals surface area contributed by atoms with E-state index in [0.29, 0.717) is 73.0 Å². The zero-order valence-corrected chi connectivity index (χ0v) is 21.6. The predicted molar refractivity (Wildman–Crippen MR) is 128 cm³/mol. The highest BCUT2D eigenvalue weighted by atomic mass is 16.5. The summed E-state index contributed by atoms with van der Waals surface area (Å²) in [7, 11) is 0. The van der Waals surface area contributed by atoms with Gasteiger partial charge in [-0.1, -0.05) is 55.4 Å². The minimum atomic E-state index is -0.328. The number of hydrogen-bond acceptors (Lipinski definition) is 6. The van der Waals surface area contributed by atoms with Gasteiger partial charge in [-0.3, -0.25) is 0 Å². The van der Waals surface area contributed by atoms with Gasteiger partial charge in [0.05, 0.1) is 37.6 Å². The third kappa shape index (κ3) is 5.69. The van der Waals surface area contributed by atoms with Gasteiger partial charge in [-0.05, 0) is 36.5 Å². The minimum absolute atomic E-state index is 0.237. The fraction of sp³-hybridized carbons (Fsp3) is 1.00. The molecule has 0 aromatic carbocycles. The van der Waals surface area contributed by atoms with Gasteiger partial charge in [-0.2, -0.15) is 0 Å². The second kappa shape index (κ2) is 11.0. The molecule has 0 aromatic rings. The zero-order chi connectivity index (χ0) is 23.7. The molecule has 188 valence electrons. The van der Waals surface area contributed by atoms with E-state index < -0.39 is 0 Å². The van der Waals surface area contributed by atoms with Gasteiger partial charge in [0, 0.05) is 36.0 Å². The molecule has 4 unspecified atom stereocenters. The van der Waals surface area contributed by atoms with Gasteiger partial charge >= 0.3 is 0 Å². The SMILES string of the molecule is CC(C)C1N[C@@H]2C[C@@H](OC[C@H]2O)C1C(C)C.CC(C)C1N[C@H]2C[C@H](OC[C@H]2O)C1C(C)C. The monoisotopic (exact) mass is 454 g/mol. The molecular formula is C26H50N2O4. The molecular weight excluding hydrogens is 404 g/mol. The van der Waals surface area contributed by atoms with Crippen molar-refractivity contribution >= 4 is 0 Å². The van der Waals surface area contributed by atoms with Crippen LogP contribution in [0.1, 0.15) is 68.2 Å². The number of rotatable bonds is 4. The number of ether oxygens (including phenoxy) is 2. The summed E-state index contributed by atoms with van der Waals surface area (Å²) >= 11 is 0. The maximum absolute atomic E-state index is 9.86. The fourth-order valence-electron chi connectivity index (χ4n) is 6.66.